The third kappa shape index (κ3) is 3.34. The van der Waals surface area contributed by atoms with Crippen molar-refractivity contribution in [2.24, 2.45) is 46.8 Å². The van der Waals surface area contributed by atoms with Crippen LogP contribution < -0.4 is 0 Å². The van der Waals surface area contributed by atoms with Crippen molar-refractivity contribution in [3.05, 3.63) is 12.4 Å². The molecule has 1 aromatic rings. The number of halogens is 1. The molecule has 0 aromatic carbocycles. The minimum atomic E-state index is 0.180. The fraction of sp³-hybridized carbons (Fsp3) is 0.792. The molecule has 1 aromatic heterocycles. The van der Waals surface area contributed by atoms with Crippen LogP contribution in [0.2, 0.25) is 0 Å². The van der Waals surface area contributed by atoms with Crippen LogP contribution in [0.5, 0.6) is 0 Å². The summed E-state index contributed by atoms with van der Waals surface area (Å²) in [5.74, 6) is 8.44. The Labute approximate surface area is 179 Å². The summed E-state index contributed by atoms with van der Waals surface area (Å²) >= 11 is 5.68. The summed E-state index contributed by atoms with van der Waals surface area (Å²) in [6.07, 6.45) is 14.7. The lowest BCUT2D eigenvalue weighted by molar-refractivity contribution is -0.131. The Morgan fingerprint density at radius 1 is 1.07 bits per heavy atom. The number of fused-ring (bicyclic) bond motifs is 5. The van der Waals surface area contributed by atoms with Gasteiger partial charge in [-0.15, -0.1) is 0 Å². The van der Waals surface area contributed by atoms with Gasteiger partial charge in [0.05, 0.1) is 12.4 Å². The van der Waals surface area contributed by atoms with Crippen LogP contribution in [0.1, 0.15) is 64.7 Å². The van der Waals surface area contributed by atoms with Crippen LogP contribution in [0, 0.1) is 58.1 Å². The first-order chi connectivity index (χ1) is 14.1. The molecule has 8 unspecified atom stereocenters. The molecule has 0 amide bonds. The zero-order valence-corrected chi connectivity index (χ0v) is 18.2. The smallest absolute Gasteiger partial charge is 0.159 e. The van der Waals surface area contributed by atoms with Crippen molar-refractivity contribution >= 4 is 17.4 Å². The number of aromatic nitrogens is 3. The van der Waals surface area contributed by atoms with Gasteiger partial charge in [0.15, 0.2) is 5.78 Å². The Balaban J connectivity index is 1.30. The molecule has 4 aliphatic rings. The molecule has 4 aliphatic carbocycles. The van der Waals surface area contributed by atoms with Crippen molar-refractivity contribution in [3.63, 3.8) is 0 Å². The summed E-state index contributed by atoms with van der Waals surface area (Å²) in [6.45, 7) is 2.76. The van der Waals surface area contributed by atoms with Gasteiger partial charge in [0.2, 0.25) is 0 Å². The standard InChI is InChI=1S/C24H32ClN3O/c1-24-10-8-19-18-4-2-16(9-11-25)14-17(18)3-5-20(19)21(24)6-7-22(24)23(29)15-28-26-12-13-27-28/h12-13,16-22H,2-8,10,14-15H2,1H3. The van der Waals surface area contributed by atoms with Gasteiger partial charge in [-0.05, 0) is 104 Å². The molecule has 5 heteroatoms. The normalized spacial score (nSPS) is 43.4. The highest BCUT2D eigenvalue weighted by Crippen LogP contribution is 2.64. The van der Waals surface area contributed by atoms with Crippen molar-refractivity contribution in [2.45, 2.75) is 71.3 Å². The maximum absolute atomic E-state index is 13.1. The summed E-state index contributed by atoms with van der Waals surface area (Å²) in [5.41, 5.74) is 0.180. The molecule has 0 radical (unpaired) electrons. The van der Waals surface area contributed by atoms with Crippen LogP contribution in [0.3, 0.4) is 0 Å². The largest absolute Gasteiger partial charge is 0.297 e. The zero-order valence-electron chi connectivity index (χ0n) is 17.4. The van der Waals surface area contributed by atoms with Gasteiger partial charge in [0, 0.05) is 17.2 Å². The van der Waals surface area contributed by atoms with E-state index in [2.05, 4.69) is 28.4 Å². The number of rotatable bonds is 3. The van der Waals surface area contributed by atoms with Crippen LogP contribution in [0.15, 0.2) is 12.4 Å². The number of hydrogen-bond acceptors (Lipinski definition) is 3. The topological polar surface area (TPSA) is 47.8 Å². The predicted molar refractivity (Wildman–Crippen MR) is 113 cm³/mol. The van der Waals surface area contributed by atoms with Gasteiger partial charge in [-0.25, -0.2) is 0 Å². The Morgan fingerprint density at radius 3 is 2.66 bits per heavy atom. The third-order valence-corrected chi connectivity index (χ3v) is 9.47. The Morgan fingerprint density at radius 2 is 1.86 bits per heavy atom. The average Bonchev–Trinajstić information content (AvgIpc) is 3.34. The first kappa shape index (κ1) is 19.6. The van der Waals surface area contributed by atoms with Crippen LogP contribution in [0.4, 0.5) is 0 Å². The van der Waals surface area contributed by atoms with Gasteiger partial charge in [-0.3, -0.25) is 4.79 Å². The summed E-state index contributed by atoms with van der Waals surface area (Å²) in [4.78, 5) is 14.7. The number of carbonyl (C=O) groups excluding carboxylic acids is 1. The minimum absolute atomic E-state index is 0.180. The molecule has 29 heavy (non-hydrogen) atoms. The number of carbonyl (C=O) groups is 1. The zero-order chi connectivity index (χ0) is 20.0. The molecule has 0 saturated heterocycles. The SMILES string of the molecule is CC12CCC3C4CCC(C#CCl)CC4CCC3C1CCC2C(=O)Cn1nccn1. The van der Waals surface area contributed by atoms with E-state index >= 15 is 0 Å². The Hall–Kier alpha value is -1.34. The van der Waals surface area contributed by atoms with E-state index < -0.39 is 0 Å². The van der Waals surface area contributed by atoms with Crippen LogP contribution in [-0.2, 0) is 11.3 Å². The van der Waals surface area contributed by atoms with Gasteiger partial charge in [0.1, 0.15) is 6.54 Å². The minimum Gasteiger partial charge on any atom is -0.297 e. The molecule has 4 fully saturated rings. The quantitative estimate of drug-likeness (QED) is 0.660. The highest BCUT2D eigenvalue weighted by molar-refractivity contribution is 6.30. The van der Waals surface area contributed by atoms with Crippen molar-refractivity contribution in [1.82, 2.24) is 15.0 Å². The monoisotopic (exact) mass is 413 g/mol. The van der Waals surface area contributed by atoms with Crippen molar-refractivity contribution in [3.8, 4) is 11.3 Å². The second-order valence-corrected chi connectivity index (χ2v) is 10.6. The molecule has 4 nitrogen and oxygen atoms in total. The van der Waals surface area contributed by atoms with E-state index in [0.29, 0.717) is 18.2 Å². The highest BCUT2D eigenvalue weighted by Gasteiger charge is 2.58. The Kier molecular flexibility index (Phi) is 5.23. The first-order valence-corrected chi connectivity index (χ1v) is 12.0. The summed E-state index contributed by atoms with van der Waals surface area (Å²) in [6, 6.07) is 0. The molecular formula is C24H32ClN3O. The van der Waals surface area contributed by atoms with Crippen LogP contribution in [0.25, 0.3) is 0 Å². The molecule has 0 bridgehead atoms. The van der Waals surface area contributed by atoms with E-state index in [-0.39, 0.29) is 11.3 Å². The van der Waals surface area contributed by atoms with Crippen molar-refractivity contribution in [2.75, 3.05) is 0 Å². The molecule has 156 valence electrons. The number of hydrogen-bond donors (Lipinski definition) is 0. The second-order valence-electron chi connectivity index (χ2n) is 10.4. The van der Waals surface area contributed by atoms with Crippen molar-refractivity contribution < 1.29 is 4.79 Å². The van der Waals surface area contributed by atoms with E-state index in [9.17, 15) is 4.79 Å². The van der Waals surface area contributed by atoms with E-state index in [1.807, 2.05) is 0 Å². The number of nitrogens with zero attached hydrogens (tertiary/aromatic N) is 3. The molecule has 8 atom stereocenters. The van der Waals surface area contributed by atoms with Gasteiger partial charge in [-0.1, -0.05) is 12.8 Å². The van der Waals surface area contributed by atoms with Crippen LogP contribution in [-0.4, -0.2) is 20.8 Å². The van der Waals surface area contributed by atoms with E-state index in [4.69, 9.17) is 11.6 Å². The molecule has 0 aliphatic heterocycles. The second kappa shape index (κ2) is 7.73. The fourth-order valence-electron chi connectivity index (χ4n) is 8.16. The third-order valence-electron chi connectivity index (χ3n) is 9.37. The highest BCUT2D eigenvalue weighted by atomic mass is 35.5. The fourth-order valence-corrected chi connectivity index (χ4v) is 8.32. The molecule has 4 saturated carbocycles. The first-order valence-electron chi connectivity index (χ1n) is 11.6. The molecule has 5 rings (SSSR count). The van der Waals surface area contributed by atoms with Gasteiger partial charge in [0.25, 0.3) is 0 Å². The molecule has 1 heterocycles. The number of Topliss-reactive ketones (excluding diaryl/α,β-unsaturated/α-hetero) is 1. The lowest BCUT2D eigenvalue weighted by Gasteiger charge is -2.56. The van der Waals surface area contributed by atoms with E-state index in [0.717, 1.165) is 36.0 Å². The lowest BCUT2D eigenvalue weighted by Crippen LogP contribution is -2.49. The molecular weight excluding hydrogens is 382 g/mol. The van der Waals surface area contributed by atoms with Crippen molar-refractivity contribution in [1.29, 1.82) is 0 Å². The molecule has 0 N–H and O–H groups in total. The summed E-state index contributed by atoms with van der Waals surface area (Å²) in [7, 11) is 0. The number of ketones is 1. The summed E-state index contributed by atoms with van der Waals surface area (Å²) in [5, 5.41) is 10.9. The van der Waals surface area contributed by atoms with E-state index in [1.165, 1.54) is 51.4 Å². The lowest BCUT2D eigenvalue weighted by atomic mass is 9.49. The predicted octanol–water partition coefficient (Wildman–Crippen LogP) is 4.93. The maximum Gasteiger partial charge on any atom is 0.159 e. The van der Waals surface area contributed by atoms with Crippen LogP contribution >= 0.6 is 11.6 Å². The maximum atomic E-state index is 13.1. The Bertz CT molecular complexity index is 812. The average molecular weight is 414 g/mol. The molecule has 0 spiro atoms. The van der Waals surface area contributed by atoms with Gasteiger partial charge >= 0.3 is 0 Å². The van der Waals surface area contributed by atoms with E-state index in [1.54, 1.807) is 17.2 Å². The van der Waals surface area contributed by atoms with Gasteiger partial charge < -0.3 is 0 Å². The van der Waals surface area contributed by atoms with Gasteiger partial charge in [-0.2, -0.15) is 15.0 Å². The summed E-state index contributed by atoms with van der Waals surface area (Å²) < 4.78 is 0.